The molecule has 154 valence electrons. The van der Waals surface area contributed by atoms with Crippen LogP contribution in [-0.4, -0.2) is 26.1 Å². The highest BCUT2D eigenvalue weighted by Gasteiger charge is 2.16. The number of aryl methyl sites for hydroxylation is 2. The van der Waals surface area contributed by atoms with Crippen molar-refractivity contribution in [1.29, 1.82) is 0 Å². The van der Waals surface area contributed by atoms with Crippen molar-refractivity contribution in [1.82, 2.24) is 15.0 Å². The number of aromatic amines is 2. The highest BCUT2D eigenvalue weighted by atomic mass is 32.2. The number of aromatic nitrogens is 3. The Morgan fingerprint density at radius 2 is 2.00 bits per heavy atom. The molecular formula is C22H22N4O2S2. The molecule has 8 heteroatoms. The number of hydrogen-bond donors (Lipinski definition) is 3. The first-order valence-corrected chi connectivity index (χ1v) is 11.4. The van der Waals surface area contributed by atoms with Gasteiger partial charge in [-0.15, -0.1) is 23.1 Å². The van der Waals surface area contributed by atoms with Crippen LogP contribution in [0.3, 0.4) is 0 Å². The summed E-state index contributed by atoms with van der Waals surface area (Å²) in [5.74, 6) is 0.967. The van der Waals surface area contributed by atoms with Crippen LogP contribution < -0.4 is 10.9 Å². The van der Waals surface area contributed by atoms with Crippen molar-refractivity contribution in [3.05, 3.63) is 69.2 Å². The van der Waals surface area contributed by atoms with Gasteiger partial charge in [-0.2, -0.15) is 0 Å². The molecular weight excluding hydrogens is 416 g/mol. The predicted molar refractivity (Wildman–Crippen MR) is 125 cm³/mol. The summed E-state index contributed by atoms with van der Waals surface area (Å²) in [4.78, 5) is 37.4. The average Bonchev–Trinajstić information content (AvgIpc) is 3.35. The van der Waals surface area contributed by atoms with Crippen molar-refractivity contribution < 1.29 is 4.79 Å². The first kappa shape index (κ1) is 20.4. The number of thioether (sulfide) groups is 1. The van der Waals surface area contributed by atoms with Gasteiger partial charge in [-0.05, 0) is 56.2 Å². The number of carbonyl (C=O) groups excluding carboxylic acids is 1. The number of amides is 1. The largest absolute Gasteiger partial charge is 0.361 e. The molecule has 0 fully saturated rings. The Labute approximate surface area is 182 Å². The highest BCUT2D eigenvalue weighted by Crippen LogP contribution is 2.27. The predicted octanol–water partition coefficient (Wildman–Crippen LogP) is 4.86. The summed E-state index contributed by atoms with van der Waals surface area (Å²) in [5, 5.41) is 3.32. The van der Waals surface area contributed by atoms with Gasteiger partial charge in [-0.1, -0.05) is 12.1 Å². The van der Waals surface area contributed by atoms with Crippen molar-refractivity contribution >= 4 is 44.9 Å². The second kappa shape index (κ2) is 8.49. The van der Waals surface area contributed by atoms with E-state index in [0.29, 0.717) is 17.0 Å². The van der Waals surface area contributed by atoms with E-state index >= 15 is 0 Å². The number of thiophene rings is 1. The summed E-state index contributed by atoms with van der Waals surface area (Å²) in [6.07, 6.45) is 1.88. The van der Waals surface area contributed by atoms with Crippen LogP contribution >= 0.6 is 23.1 Å². The summed E-state index contributed by atoms with van der Waals surface area (Å²) < 4.78 is 0. The van der Waals surface area contributed by atoms with E-state index in [1.54, 1.807) is 0 Å². The van der Waals surface area contributed by atoms with Crippen LogP contribution in [0.15, 0.2) is 47.4 Å². The lowest BCUT2D eigenvalue weighted by molar-refractivity contribution is -0.115. The van der Waals surface area contributed by atoms with Crippen LogP contribution in [-0.2, 0) is 10.5 Å². The maximum absolute atomic E-state index is 12.5. The molecule has 3 heterocycles. The molecule has 0 radical (unpaired) electrons. The molecule has 0 saturated carbocycles. The summed E-state index contributed by atoms with van der Waals surface area (Å²) in [5.41, 5.74) is 3.71. The number of H-pyrrole nitrogens is 2. The maximum Gasteiger partial charge on any atom is 0.259 e. The van der Waals surface area contributed by atoms with Crippen LogP contribution in [0.5, 0.6) is 0 Å². The van der Waals surface area contributed by atoms with E-state index in [1.807, 2.05) is 63.4 Å². The van der Waals surface area contributed by atoms with Crippen molar-refractivity contribution in [3.63, 3.8) is 0 Å². The van der Waals surface area contributed by atoms with Gasteiger partial charge in [-0.25, -0.2) is 4.98 Å². The third-order valence-electron chi connectivity index (χ3n) is 4.99. The number of nitrogens with one attached hydrogen (secondary N) is 3. The van der Waals surface area contributed by atoms with Gasteiger partial charge in [0.2, 0.25) is 5.91 Å². The van der Waals surface area contributed by atoms with Crippen molar-refractivity contribution in [2.24, 2.45) is 0 Å². The fraction of sp³-hybridized carbons (Fsp3) is 0.227. The van der Waals surface area contributed by atoms with Gasteiger partial charge in [-0.3, -0.25) is 9.59 Å². The zero-order chi connectivity index (χ0) is 21.3. The zero-order valence-electron chi connectivity index (χ0n) is 16.9. The van der Waals surface area contributed by atoms with E-state index in [-0.39, 0.29) is 16.7 Å². The van der Waals surface area contributed by atoms with Gasteiger partial charge in [0, 0.05) is 22.5 Å². The number of anilines is 1. The Balaban J connectivity index is 1.38. The van der Waals surface area contributed by atoms with Crippen LogP contribution in [0.1, 0.15) is 23.2 Å². The smallest absolute Gasteiger partial charge is 0.259 e. The van der Waals surface area contributed by atoms with E-state index in [4.69, 9.17) is 0 Å². The molecule has 3 aromatic heterocycles. The molecule has 0 aliphatic carbocycles. The summed E-state index contributed by atoms with van der Waals surface area (Å²) in [7, 11) is 0. The molecule has 0 aliphatic heterocycles. The quantitative estimate of drug-likeness (QED) is 0.401. The maximum atomic E-state index is 12.5. The first-order valence-electron chi connectivity index (χ1n) is 9.57. The number of hydrogen-bond acceptors (Lipinski definition) is 5. The molecule has 1 amide bonds. The van der Waals surface area contributed by atoms with Crippen LogP contribution in [0.2, 0.25) is 0 Å². The van der Waals surface area contributed by atoms with Crippen LogP contribution in [0.25, 0.3) is 21.5 Å². The van der Waals surface area contributed by atoms with Crippen molar-refractivity contribution in [2.75, 3.05) is 5.32 Å². The minimum absolute atomic E-state index is 0.0844. The lowest BCUT2D eigenvalue weighted by atomic mass is 10.1. The van der Waals surface area contributed by atoms with Crippen molar-refractivity contribution in [3.8, 4) is 11.3 Å². The van der Waals surface area contributed by atoms with E-state index < -0.39 is 0 Å². The molecule has 0 unspecified atom stereocenters. The van der Waals surface area contributed by atoms with Gasteiger partial charge < -0.3 is 15.3 Å². The molecule has 4 aromatic rings. The first-order chi connectivity index (χ1) is 14.4. The second-order valence-electron chi connectivity index (χ2n) is 7.08. The molecule has 0 bridgehead atoms. The fourth-order valence-electron chi connectivity index (χ4n) is 3.13. The Kier molecular flexibility index (Phi) is 5.78. The standard InChI is InChI=1S/C22H22N4O2S2/c1-12-13(2)30-22-19(12)21(28)25-18(26-22)11-29-14(3)20(27)24-16-8-6-15(7-9-16)17-5-4-10-23-17/h4-10,14,23H,11H2,1-3H3,(H,24,27)(H,25,26,28)/t14-/m0/s1. The normalized spacial score (nSPS) is 12.2. The monoisotopic (exact) mass is 438 g/mol. The molecule has 0 saturated heterocycles. The van der Waals surface area contributed by atoms with E-state index in [9.17, 15) is 9.59 Å². The molecule has 1 atom stereocenters. The van der Waals surface area contributed by atoms with E-state index in [1.165, 1.54) is 23.1 Å². The number of rotatable bonds is 6. The Bertz CT molecular complexity index is 1240. The summed E-state index contributed by atoms with van der Waals surface area (Å²) in [6.45, 7) is 5.78. The average molecular weight is 439 g/mol. The van der Waals surface area contributed by atoms with Crippen LogP contribution in [0.4, 0.5) is 5.69 Å². The third kappa shape index (κ3) is 4.20. The molecule has 30 heavy (non-hydrogen) atoms. The second-order valence-corrected chi connectivity index (χ2v) is 9.61. The van der Waals surface area contributed by atoms with Gasteiger partial charge in [0.05, 0.1) is 16.4 Å². The molecule has 0 aliphatic rings. The zero-order valence-corrected chi connectivity index (χ0v) is 18.5. The topological polar surface area (TPSA) is 90.6 Å². The molecule has 1 aromatic carbocycles. The van der Waals surface area contributed by atoms with Crippen LogP contribution in [0, 0.1) is 13.8 Å². The third-order valence-corrected chi connectivity index (χ3v) is 7.24. The Morgan fingerprint density at radius 1 is 1.23 bits per heavy atom. The fourth-order valence-corrected chi connectivity index (χ4v) is 4.94. The Morgan fingerprint density at radius 3 is 2.70 bits per heavy atom. The number of fused-ring (bicyclic) bond motifs is 1. The molecule has 0 spiro atoms. The minimum Gasteiger partial charge on any atom is -0.361 e. The van der Waals surface area contributed by atoms with Gasteiger partial charge in [0.15, 0.2) is 0 Å². The van der Waals surface area contributed by atoms with E-state index in [0.717, 1.165) is 32.2 Å². The lowest BCUT2D eigenvalue weighted by Gasteiger charge is -2.12. The number of nitrogens with zero attached hydrogens (tertiary/aromatic N) is 1. The van der Waals surface area contributed by atoms with E-state index in [2.05, 4.69) is 20.3 Å². The minimum atomic E-state index is -0.291. The van der Waals surface area contributed by atoms with Gasteiger partial charge in [0.25, 0.3) is 5.56 Å². The summed E-state index contributed by atoms with van der Waals surface area (Å²) >= 11 is 2.97. The highest BCUT2D eigenvalue weighted by molar-refractivity contribution is 7.99. The van der Waals surface area contributed by atoms with Gasteiger partial charge >= 0.3 is 0 Å². The molecule has 6 nitrogen and oxygen atoms in total. The van der Waals surface area contributed by atoms with Crippen molar-refractivity contribution in [2.45, 2.75) is 31.8 Å². The lowest BCUT2D eigenvalue weighted by Crippen LogP contribution is -2.23. The SMILES string of the molecule is Cc1sc2nc(CS[C@@H](C)C(=O)Nc3ccc(-c4ccc[nH]4)cc3)[nH]c(=O)c2c1C. The van der Waals surface area contributed by atoms with Gasteiger partial charge in [0.1, 0.15) is 10.7 Å². The number of carbonyl (C=O) groups is 1. The Hall–Kier alpha value is -2.84. The molecule has 3 N–H and O–H groups in total. The number of benzene rings is 1. The molecule has 4 rings (SSSR count). The summed E-state index contributed by atoms with van der Waals surface area (Å²) in [6, 6.07) is 11.7.